The largest absolute Gasteiger partial charge is 0.507 e. The van der Waals surface area contributed by atoms with Gasteiger partial charge in [0.15, 0.2) is 0 Å². The molecule has 1 fully saturated rings. The van der Waals surface area contributed by atoms with E-state index in [4.69, 9.17) is 4.74 Å². The molecule has 1 aliphatic heterocycles. The van der Waals surface area contributed by atoms with E-state index in [9.17, 15) is 5.11 Å². The number of ether oxygens (including phenoxy) is 1. The van der Waals surface area contributed by atoms with Gasteiger partial charge in [0.1, 0.15) is 11.5 Å². The number of hydrogen-bond acceptors (Lipinski definition) is 6. The standard InChI is InChI=1S/C39H59N3O2S2/c1-35(2,3)29-23-27(24-30(33(29)43)36(4,5)6)45-39(15-18-40-19-16-39)46-28-25-31(37(7,8)9)34(32(26-28)38(10,11)12)44-22-14-21-42-20-13-17-41-42/h13,17,20,23-26,40,43H,14-16,18-19,21-22H2,1-12H3. The molecule has 7 heteroatoms. The Morgan fingerprint density at radius 1 is 0.761 bits per heavy atom. The molecule has 0 unspecified atom stereocenters. The zero-order chi connectivity index (χ0) is 34.1. The predicted octanol–water partition coefficient (Wildman–Crippen LogP) is 10.2. The zero-order valence-electron chi connectivity index (χ0n) is 30.6. The lowest BCUT2D eigenvalue weighted by Crippen LogP contribution is -2.37. The number of piperidine rings is 1. The monoisotopic (exact) mass is 665 g/mol. The fourth-order valence-corrected chi connectivity index (χ4v) is 9.16. The summed E-state index contributed by atoms with van der Waals surface area (Å²) in [6.45, 7) is 30.4. The topological polar surface area (TPSA) is 59.3 Å². The average molecular weight is 666 g/mol. The molecule has 2 aromatic carbocycles. The van der Waals surface area contributed by atoms with Gasteiger partial charge in [0.25, 0.3) is 0 Å². The molecule has 1 aliphatic rings. The van der Waals surface area contributed by atoms with Gasteiger partial charge in [-0.3, -0.25) is 4.68 Å². The van der Waals surface area contributed by atoms with Crippen LogP contribution in [0.1, 0.15) is 125 Å². The van der Waals surface area contributed by atoms with Crippen molar-refractivity contribution in [2.24, 2.45) is 0 Å². The Balaban J connectivity index is 1.75. The zero-order valence-corrected chi connectivity index (χ0v) is 32.2. The summed E-state index contributed by atoms with van der Waals surface area (Å²) < 4.78 is 8.63. The minimum absolute atomic E-state index is 0.0387. The number of rotatable bonds is 9. The second-order valence-electron chi connectivity index (χ2n) is 17.1. The molecule has 0 atom stereocenters. The predicted molar refractivity (Wildman–Crippen MR) is 198 cm³/mol. The van der Waals surface area contributed by atoms with Crippen LogP contribution < -0.4 is 10.1 Å². The first-order valence-electron chi connectivity index (χ1n) is 17.0. The van der Waals surface area contributed by atoms with Gasteiger partial charge in [-0.05, 0) is 77.9 Å². The molecule has 2 heterocycles. The second-order valence-corrected chi connectivity index (χ2v) is 20.2. The molecule has 0 spiro atoms. The lowest BCUT2D eigenvalue weighted by atomic mass is 9.79. The molecule has 0 saturated carbocycles. The highest BCUT2D eigenvalue weighted by Gasteiger charge is 2.38. The molecule has 0 bridgehead atoms. The maximum absolute atomic E-state index is 11.4. The number of aromatic hydroxyl groups is 1. The highest BCUT2D eigenvalue weighted by molar-refractivity contribution is 8.18. The fourth-order valence-electron chi connectivity index (χ4n) is 6.04. The van der Waals surface area contributed by atoms with Crippen molar-refractivity contribution in [3.8, 4) is 11.5 Å². The van der Waals surface area contributed by atoms with E-state index in [2.05, 4.69) is 118 Å². The highest BCUT2D eigenvalue weighted by Crippen LogP contribution is 2.54. The number of hydrogen-bond donors (Lipinski definition) is 2. The molecule has 0 amide bonds. The van der Waals surface area contributed by atoms with Gasteiger partial charge in [0.05, 0.1) is 10.7 Å². The molecule has 46 heavy (non-hydrogen) atoms. The third-order valence-corrected chi connectivity index (χ3v) is 11.7. The molecule has 1 aromatic heterocycles. The Hall–Kier alpha value is -2.09. The first-order chi connectivity index (χ1) is 21.2. The van der Waals surface area contributed by atoms with E-state index in [1.54, 1.807) is 0 Å². The molecule has 4 rings (SSSR count). The number of aromatic nitrogens is 2. The summed E-state index contributed by atoms with van der Waals surface area (Å²) in [5, 5.41) is 19.4. The van der Waals surface area contributed by atoms with Crippen LogP contribution >= 0.6 is 23.5 Å². The van der Waals surface area contributed by atoms with Crippen molar-refractivity contribution in [3.63, 3.8) is 0 Å². The SMILES string of the molecule is CC(C)(C)c1cc(SC2(Sc3cc(C(C)(C)C)c(OCCCn4cccn4)c(C(C)(C)C)c3)CCNCC2)cc(C(C)(C)C)c1O. The summed E-state index contributed by atoms with van der Waals surface area (Å²) >= 11 is 4.02. The Kier molecular flexibility index (Phi) is 11.0. The van der Waals surface area contributed by atoms with Crippen LogP contribution in [0.2, 0.25) is 0 Å². The van der Waals surface area contributed by atoms with Gasteiger partial charge in [-0.2, -0.15) is 5.10 Å². The van der Waals surface area contributed by atoms with Crippen molar-refractivity contribution in [2.45, 2.75) is 144 Å². The van der Waals surface area contributed by atoms with Gasteiger partial charge >= 0.3 is 0 Å². The van der Waals surface area contributed by atoms with Crippen LogP contribution in [0.5, 0.6) is 11.5 Å². The Morgan fingerprint density at radius 2 is 1.22 bits per heavy atom. The van der Waals surface area contributed by atoms with Crippen LogP contribution in [-0.4, -0.2) is 38.7 Å². The third-order valence-electron chi connectivity index (χ3n) is 8.69. The number of aryl methyl sites for hydroxylation is 1. The van der Waals surface area contributed by atoms with E-state index in [0.29, 0.717) is 12.4 Å². The number of phenols is 1. The molecule has 1 saturated heterocycles. The molecule has 2 N–H and O–H groups in total. The quantitative estimate of drug-likeness (QED) is 0.175. The van der Waals surface area contributed by atoms with Gasteiger partial charge in [-0.15, -0.1) is 23.5 Å². The van der Waals surface area contributed by atoms with Gasteiger partial charge < -0.3 is 15.2 Å². The summed E-state index contributed by atoms with van der Waals surface area (Å²) in [7, 11) is 0. The van der Waals surface area contributed by atoms with Crippen LogP contribution in [0.3, 0.4) is 0 Å². The number of nitrogens with one attached hydrogen (secondary N) is 1. The van der Waals surface area contributed by atoms with Crippen LogP contribution in [-0.2, 0) is 28.2 Å². The van der Waals surface area contributed by atoms with E-state index in [-0.39, 0.29) is 25.7 Å². The minimum Gasteiger partial charge on any atom is -0.507 e. The number of thioether (sulfide) groups is 2. The maximum Gasteiger partial charge on any atom is 0.126 e. The Labute approximate surface area is 288 Å². The van der Waals surface area contributed by atoms with Crippen LogP contribution in [0.15, 0.2) is 52.5 Å². The number of phenolic OH excluding ortho intramolecular Hbond substituents is 1. The fraction of sp³-hybridized carbons (Fsp3) is 0.615. The van der Waals surface area contributed by atoms with Crippen molar-refractivity contribution in [1.82, 2.24) is 15.1 Å². The molecule has 3 aromatic rings. The minimum atomic E-state index is -0.160. The first-order valence-corrected chi connectivity index (χ1v) is 18.6. The van der Waals surface area contributed by atoms with E-state index >= 15 is 0 Å². The van der Waals surface area contributed by atoms with Crippen molar-refractivity contribution < 1.29 is 9.84 Å². The molecule has 5 nitrogen and oxygen atoms in total. The second kappa shape index (κ2) is 13.8. The van der Waals surface area contributed by atoms with Gasteiger partial charge in [0, 0.05) is 57.4 Å². The lowest BCUT2D eigenvalue weighted by molar-refractivity contribution is 0.283. The molecule has 254 valence electrons. The van der Waals surface area contributed by atoms with Gasteiger partial charge in [-0.25, -0.2) is 0 Å². The van der Waals surface area contributed by atoms with E-state index in [1.165, 1.54) is 20.9 Å². The summed E-state index contributed by atoms with van der Waals surface area (Å²) in [6.07, 6.45) is 6.85. The van der Waals surface area contributed by atoms with Crippen molar-refractivity contribution in [2.75, 3.05) is 19.7 Å². The summed E-state index contributed by atoms with van der Waals surface area (Å²) in [5.74, 6) is 1.49. The van der Waals surface area contributed by atoms with Gasteiger partial charge in [0.2, 0.25) is 0 Å². The molecule has 0 aliphatic carbocycles. The summed E-state index contributed by atoms with van der Waals surface area (Å²) in [5.41, 5.74) is 4.10. The van der Waals surface area contributed by atoms with E-state index < -0.39 is 0 Å². The maximum atomic E-state index is 11.4. The average Bonchev–Trinajstić information content (AvgIpc) is 3.44. The molecular weight excluding hydrogens is 607 g/mol. The normalized spacial score (nSPS) is 16.1. The van der Waals surface area contributed by atoms with E-state index in [0.717, 1.165) is 55.8 Å². The Bertz CT molecular complexity index is 1390. The van der Waals surface area contributed by atoms with Crippen molar-refractivity contribution in [1.29, 1.82) is 0 Å². The van der Waals surface area contributed by atoms with Crippen LogP contribution in [0.4, 0.5) is 0 Å². The Morgan fingerprint density at radius 3 is 1.63 bits per heavy atom. The third kappa shape index (κ3) is 9.08. The highest BCUT2D eigenvalue weighted by atomic mass is 32.2. The molecule has 0 radical (unpaired) electrons. The molecular formula is C39H59N3O2S2. The first kappa shape index (κ1) is 36.7. The lowest BCUT2D eigenvalue weighted by Gasteiger charge is -2.38. The smallest absolute Gasteiger partial charge is 0.126 e. The van der Waals surface area contributed by atoms with Crippen LogP contribution in [0, 0.1) is 0 Å². The van der Waals surface area contributed by atoms with E-state index in [1.807, 2.05) is 46.7 Å². The summed E-state index contributed by atoms with van der Waals surface area (Å²) in [6, 6.07) is 11.3. The summed E-state index contributed by atoms with van der Waals surface area (Å²) in [4.78, 5) is 2.55. The van der Waals surface area contributed by atoms with Crippen molar-refractivity contribution >= 4 is 23.5 Å². The van der Waals surface area contributed by atoms with Crippen LogP contribution in [0.25, 0.3) is 0 Å². The van der Waals surface area contributed by atoms with Gasteiger partial charge in [-0.1, -0.05) is 83.1 Å². The number of benzene rings is 2. The number of nitrogens with zero attached hydrogens (tertiary/aromatic N) is 2. The van der Waals surface area contributed by atoms with Crippen molar-refractivity contribution in [3.05, 3.63) is 65.0 Å².